The van der Waals surface area contributed by atoms with Crippen LogP contribution >= 0.6 is 0 Å². The number of aromatic hydroxyl groups is 1. The van der Waals surface area contributed by atoms with Gasteiger partial charge in [-0.05, 0) is 43.3 Å². The number of alkyl halides is 4. The summed E-state index contributed by atoms with van der Waals surface area (Å²) < 4.78 is 93.1. The molecule has 3 aromatic rings. The summed E-state index contributed by atoms with van der Waals surface area (Å²) in [7, 11) is -4.36. The highest BCUT2D eigenvalue weighted by molar-refractivity contribution is 7.89. The van der Waals surface area contributed by atoms with Crippen LogP contribution in [0, 0.1) is 5.82 Å². The van der Waals surface area contributed by atoms with Gasteiger partial charge in [-0.25, -0.2) is 17.2 Å². The molecule has 0 radical (unpaired) electrons. The van der Waals surface area contributed by atoms with E-state index in [1.54, 1.807) is 0 Å². The van der Waals surface area contributed by atoms with E-state index in [4.69, 9.17) is 0 Å². The largest absolute Gasteiger partial charge is 0.506 e. The summed E-state index contributed by atoms with van der Waals surface area (Å²) in [5.41, 5.74) is -2.49. The first-order chi connectivity index (χ1) is 17.7. The van der Waals surface area contributed by atoms with E-state index in [-0.39, 0.29) is 34.0 Å². The van der Waals surface area contributed by atoms with Gasteiger partial charge in [0.1, 0.15) is 29.0 Å². The standard InChI is InChI=1S/C24H21F5N4O4S/c1-23(9-16(26)13-33(23)38(36,37)18-5-3-15(25)4-6-18)22(35)32-11-17-8-19(20(34)12-30-17)14-2-7-21(31-10-14)24(27,28)29/h2-8,10,12,16,34H,9,11,13H2,1H3,(H,32,35)/t16-,23+/m1/s1. The van der Waals surface area contributed by atoms with Gasteiger partial charge in [0.05, 0.1) is 23.3 Å². The number of sulfonamides is 1. The van der Waals surface area contributed by atoms with Crippen LogP contribution in [0.15, 0.2) is 59.8 Å². The average molecular weight is 557 g/mol. The molecular weight excluding hydrogens is 535 g/mol. The first-order valence-corrected chi connectivity index (χ1v) is 12.6. The number of benzene rings is 1. The van der Waals surface area contributed by atoms with Gasteiger partial charge < -0.3 is 10.4 Å². The Morgan fingerprint density at radius 2 is 1.84 bits per heavy atom. The molecule has 1 fully saturated rings. The Hall–Kier alpha value is -3.65. The Bertz CT molecular complexity index is 1450. The second-order valence-electron chi connectivity index (χ2n) is 8.87. The van der Waals surface area contributed by atoms with E-state index in [2.05, 4.69) is 15.3 Å². The molecule has 0 aliphatic carbocycles. The average Bonchev–Trinajstić information content (AvgIpc) is 3.19. The Morgan fingerprint density at radius 3 is 2.45 bits per heavy atom. The fourth-order valence-corrected chi connectivity index (χ4v) is 5.96. The molecule has 0 bridgehead atoms. The third kappa shape index (κ3) is 5.31. The lowest BCUT2D eigenvalue weighted by Gasteiger charge is -2.32. The number of carbonyl (C=O) groups is 1. The highest BCUT2D eigenvalue weighted by Gasteiger charge is 2.53. The molecule has 0 saturated carbocycles. The van der Waals surface area contributed by atoms with Crippen LogP contribution < -0.4 is 5.32 Å². The van der Waals surface area contributed by atoms with Crippen molar-refractivity contribution in [1.82, 2.24) is 19.6 Å². The number of nitrogens with zero attached hydrogens (tertiary/aromatic N) is 3. The van der Waals surface area contributed by atoms with Gasteiger partial charge in [0.25, 0.3) is 0 Å². The van der Waals surface area contributed by atoms with Gasteiger partial charge in [-0.2, -0.15) is 17.5 Å². The molecule has 38 heavy (non-hydrogen) atoms. The number of hydrogen-bond acceptors (Lipinski definition) is 6. The lowest BCUT2D eigenvalue weighted by atomic mass is 9.98. The first-order valence-electron chi connectivity index (χ1n) is 11.1. The Kier molecular flexibility index (Phi) is 7.14. The molecule has 1 aliphatic rings. The van der Waals surface area contributed by atoms with Gasteiger partial charge in [-0.15, -0.1) is 0 Å². The zero-order chi connectivity index (χ0) is 27.9. The number of nitrogens with one attached hydrogen (secondary N) is 1. The molecule has 8 nitrogen and oxygen atoms in total. The highest BCUT2D eigenvalue weighted by Crippen LogP contribution is 2.37. The van der Waals surface area contributed by atoms with E-state index in [0.717, 1.165) is 53.1 Å². The predicted octanol–water partition coefficient (Wildman–Crippen LogP) is 3.81. The fourth-order valence-electron chi connectivity index (χ4n) is 4.18. The van der Waals surface area contributed by atoms with E-state index < -0.39 is 58.3 Å². The third-order valence-corrected chi connectivity index (χ3v) is 8.16. The van der Waals surface area contributed by atoms with Crippen LogP contribution in [0.5, 0.6) is 5.75 Å². The summed E-state index contributed by atoms with van der Waals surface area (Å²) in [6.45, 7) is 0.426. The van der Waals surface area contributed by atoms with Crippen molar-refractivity contribution in [2.45, 2.75) is 42.7 Å². The van der Waals surface area contributed by atoms with Crippen molar-refractivity contribution in [2.24, 2.45) is 0 Å². The summed E-state index contributed by atoms with van der Waals surface area (Å²) in [4.78, 5) is 20.2. The van der Waals surface area contributed by atoms with Crippen LogP contribution in [-0.2, 0) is 27.5 Å². The van der Waals surface area contributed by atoms with Crippen LogP contribution in [0.3, 0.4) is 0 Å². The maximum atomic E-state index is 14.4. The molecule has 4 rings (SSSR count). The number of hydrogen-bond donors (Lipinski definition) is 2. The van der Waals surface area contributed by atoms with Crippen LogP contribution in [-0.4, -0.2) is 52.0 Å². The Morgan fingerprint density at radius 1 is 1.16 bits per heavy atom. The lowest BCUT2D eigenvalue weighted by molar-refractivity contribution is -0.141. The molecule has 14 heteroatoms. The molecule has 2 N–H and O–H groups in total. The molecular formula is C24H21F5N4O4S. The first kappa shape index (κ1) is 27.4. The maximum Gasteiger partial charge on any atom is 0.433 e. The van der Waals surface area contributed by atoms with Gasteiger partial charge in [-0.1, -0.05) is 6.07 Å². The van der Waals surface area contributed by atoms with Crippen molar-refractivity contribution in [1.29, 1.82) is 0 Å². The fraction of sp³-hybridized carbons (Fsp3) is 0.292. The summed E-state index contributed by atoms with van der Waals surface area (Å²) in [6.07, 6.45) is -4.73. The molecule has 1 amide bonds. The van der Waals surface area contributed by atoms with Gasteiger partial charge in [-0.3, -0.25) is 14.8 Å². The number of carbonyl (C=O) groups excluding carboxylic acids is 1. The smallest absolute Gasteiger partial charge is 0.433 e. The number of amides is 1. The van der Waals surface area contributed by atoms with Crippen LogP contribution in [0.25, 0.3) is 11.1 Å². The maximum absolute atomic E-state index is 14.4. The van der Waals surface area contributed by atoms with Crippen molar-refractivity contribution >= 4 is 15.9 Å². The summed E-state index contributed by atoms with van der Waals surface area (Å²) in [5.74, 6) is -1.83. The second kappa shape index (κ2) is 9.91. The third-order valence-electron chi connectivity index (χ3n) is 6.16. The molecule has 1 aromatic carbocycles. The van der Waals surface area contributed by atoms with Crippen molar-refractivity contribution in [2.75, 3.05) is 6.54 Å². The quantitative estimate of drug-likeness (QED) is 0.447. The van der Waals surface area contributed by atoms with E-state index in [1.807, 2.05) is 0 Å². The Labute approximate surface area is 214 Å². The van der Waals surface area contributed by atoms with Crippen LogP contribution in [0.4, 0.5) is 22.0 Å². The lowest BCUT2D eigenvalue weighted by Crippen LogP contribution is -2.55. The molecule has 1 aliphatic heterocycles. The molecule has 3 heterocycles. The molecule has 2 atom stereocenters. The van der Waals surface area contributed by atoms with E-state index in [0.29, 0.717) is 0 Å². The van der Waals surface area contributed by atoms with E-state index >= 15 is 0 Å². The number of pyridine rings is 2. The molecule has 0 spiro atoms. The zero-order valence-corrected chi connectivity index (χ0v) is 20.5. The van der Waals surface area contributed by atoms with Crippen molar-refractivity contribution < 1.29 is 40.3 Å². The predicted molar refractivity (Wildman–Crippen MR) is 124 cm³/mol. The summed E-state index contributed by atoms with van der Waals surface area (Å²) in [5, 5.41) is 12.7. The van der Waals surface area contributed by atoms with E-state index in [1.165, 1.54) is 13.0 Å². The highest BCUT2D eigenvalue weighted by atomic mass is 32.2. The van der Waals surface area contributed by atoms with Crippen LogP contribution in [0.2, 0.25) is 0 Å². The topological polar surface area (TPSA) is 112 Å². The van der Waals surface area contributed by atoms with Crippen molar-refractivity contribution in [3.8, 4) is 16.9 Å². The van der Waals surface area contributed by atoms with Gasteiger partial charge in [0.2, 0.25) is 15.9 Å². The van der Waals surface area contributed by atoms with Crippen molar-refractivity contribution in [3.05, 3.63) is 72.1 Å². The summed E-state index contributed by atoms with van der Waals surface area (Å²) in [6, 6.07) is 7.11. The monoisotopic (exact) mass is 556 g/mol. The minimum atomic E-state index is -4.64. The van der Waals surface area contributed by atoms with Gasteiger partial charge >= 0.3 is 6.18 Å². The summed E-state index contributed by atoms with van der Waals surface area (Å²) >= 11 is 0. The van der Waals surface area contributed by atoms with E-state index in [9.17, 15) is 40.3 Å². The number of aromatic nitrogens is 2. The molecule has 0 unspecified atom stereocenters. The minimum Gasteiger partial charge on any atom is -0.506 e. The Balaban J connectivity index is 1.54. The number of rotatable bonds is 6. The number of halogens is 5. The molecule has 2 aromatic heterocycles. The zero-order valence-electron chi connectivity index (χ0n) is 19.7. The van der Waals surface area contributed by atoms with Gasteiger partial charge in [0.15, 0.2) is 0 Å². The van der Waals surface area contributed by atoms with Crippen LogP contribution in [0.1, 0.15) is 24.7 Å². The minimum absolute atomic E-state index is 0.0990. The second-order valence-corrected chi connectivity index (χ2v) is 10.7. The SMILES string of the molecule is C[C@@]1(C(=O)NCc2cc(-c3ccc(C(F)(F)F)nc3)c(O)cn2)C[C@@H](F)CN1S(=O)(=O)c1ccc(F)cc1. The van der Waals surface area contributed by atoms with Gasteiger partial charge in [0, 0.05) is 30.3 Å². The molecule has 202 valence electrons. The normalized spacial score (nSPS) is 20.4. The molecule has 1 saturated heterocycles. The van der Waals surface area contributed by atoms with Crippen molar-refractivity contribution in [3.63, 3.8) is 0 Å².